The zero-order valence-corrected chi connectivity index (χ0v) is 13.1. The maximum Gasteiger partial charge on any atom is 0.267 e. The fourth-order valence-electron chi connectivity index (χ4n) is 2.27. The molecule has 0 radical (unpaired) electrons. The average Bonchev–Trinajstić information content (AvgIpc) is 2.98. The molecule has 2 aromatic rings. The molecule has 5 nitrogen and oxygen atoms in total. The second kappa shape index (κ2) is 6.93. The van der Waals surface area contributed by atoms with Gasteiger partial charge in [-0.15, -0.1) is 0 Å². The van der Waals surface area contributed by atoms with Crippen LogP contribution in [0.3, 0.4) is 0 Å². The van der Waals surface area contributed by atoms with Gasteiger partial charge in [0.25, 0.3) is 5.91 Å². The van der Waals surface area contributed by atoms with E-state index in [4.69, 9.17) is 0 Å². The lowest BCUT2D eigenvalue weighted by Crippen LogP contribution is -2.40. The molecule has 0 bridgehead atoms. The summed E-state index contributed by atoms with van der Waals surface area (Å²) < 4.78 is 0. The molecule has 2 rings (SSSR count). The van der Waals surface area contributed by atoms with Crippen LogP contribution in [-0.2, 0) is 0 Å². The Labute approximate surface area is 130 Å². The van der Waals surface area contributed by atoms with Gasteiger partial charge in [0.2, 0.25) is 0 Å². The van der Waals surface area contributed by atoms with Gasteiger partial charge < -0.3 is 15.2 Å². The summed E-state index contributed by atoms with van der Waals surface area (Å²) in [5, 5.41) is 2.93. The highest BCUT2D eigenvalue weighted by atomic mass is 16.2. The molecule has 0 unspecified atom stereocenters. The second-order valence-corrected chi connectivity index (χ2v) is 5.45. The summed E-state index contributed by atoms with van der Waals surface area (Å²) in [7, 11) is 1.99. The Hall–Kier alpha value is -2.56. The number of hydrogen-bond acceptors (Lipinski definition) is 3. The topological polar surface area (TPSA) is 65.2 Å². The first kappa shape index (κ1) is 15.8. The molecule has 1 aromatic carbocycles. The fourth-order valence-corrected chi connectivity index (χ4v) is 2.27. The average molecular weight is 299 g/mol. The lowest BCUT2D eigenvalue weighted by Gasteiger charge is -2.24. The Balaban J connectivity index is 1.92. The van der Waals surface area contributed by atoms with Crippen molar-refractivity contribution in [3.63, 3.8) is 0 Å². The van der Waals surface area contributed by atoms with E-state index in [1.54, 1.807) is 12.3 Å². The van der Waals surface area contributed by atoms with Crippen molar-refractivity contribution in [1.29, 1.82) is 0 Å². The van der Waals surface area contributed by atoms with Crippen LogP contribution in [0.1, 0.15) is 34.7 Å². The van der Waals surface area contributed by atoms with E-state index < -0.39 is 0 Å². The Bertz CT molecular complexity index is 649. The molecule has 5 heteroatoms. The van der Waals surface area contributed by atoms with E-state index in [-0.39, 0.29) is 17.7 Å². The molecule has 0 saturated heterocycles. The van der Waals surface area contributed by atoms with E-state index in [1.165, 1.54) is 6.92 Å². The summed E-state index contributed by atoms with van der Waals surface area (Å²) in [5.74, 6) is -0.270. The van der Waals surface area contributed by atoms with E-state index in [9.17, 15) is 9.59 Å². The van der Waals surface area contributed by atoms with Gasteiger partial charge >= 0.3 is 0 Å². The Morgan fingerprint density at radius 1 is 1.27 bits per heavy atom. The minimum atomic E-state index is -0.207. The summed E-state index contributed by atoms with van der Waals surface area (Å²) in [6, 6.07) is 11.5. The third kappa shape index (κ3) is 3.97. The lowest BCUT2D eigenvalue weighted by atomic mass is 10.2. The highest BCUT2D eigenvalue weighted by Crippen LogP contribution is 2.11. The van der Waals surface area contributed by atoms with Crippen molar-refractivity contribution >= 4 is 17.4 Å². The van der Waals surface area contributed by atoms with Crippen LogP contribution in [0, 0.1) is 0 Å². The van der Waals surface area contributed by atoms with Crippen molar-refractivity contribution < 1.29 is 9.59 Å². The minimum Gasteiger partial charge on any atom is -0.373 e. The van der Waals surface area contributed by atoms with E-state index in [2.05, 4.69) is 15.2 Å². The zero-order chi connectivity index (χ0) is 16.1. The van der Waals surface area contributed by atoms with Crippen LogP contribution in [-0.4, -0.2) is 36.3 Å². The number of ketones is 1. The van der Waals surface area contributed by atoms with Gasteiger partial charge in [-0.3, -0.25) is 9.59 Å². The number of nitrogens with one attached hydrogen (secondary N) is 2. The number of Topliss-reactive ketones (excluding diaryl/α,β-unsaturated/α-hetero) is 1. The van der Waals surface area contributed by atoms with Gasteiger partial charge in [0.15, 0.2) is 5.78 Å². The van der Waals surface area contributed by atoms with Crippen LogP contribution in [0.4, 0.5) is 5.69 Å². The van der Waals surface area contributed by atoms with Crippen LogP contribution in [0.5, 0.6) is 0 Å². The number of amides is 1. The third-order valence-corrected chi connectivity index (χ3v) is 3.46. The van der Waals surface area contributed by atoms with Crippen molar-refractivity contribution in [2.45, 2.75) is 19.9 Å². The van der Waals surface area contributed by atoms with Crippen LogP contribution < -0.4 is 10.2 Å². The number of aromatic nitrogens is 1. The van der Waals surface area contributed by atoms with Gasteiger partial charge in [0, 0.05) is 37.1 Å². The lowest BCUT2D eigenvalue weighted by molar-refractivity contribution is 0.0936. The fraction of sp³-hybridized carbons (Fsp3) is 0.294. The Morgan fingerprint density at radius 2 is 1.95 bits per heavy atom. The van der Waals surface area contributed by atoms with Crippen molar-refractivity contribution in [1.82, 2.24) is 10.3 Å². The van der Waals surface area contributed by atoms with E-state index in [0.717, 1.165) is 5.69 Å². The number of anilines is 1. The Kier molecular flexibility index (Phi) is 4.99. The second-order valence-electron chi connectivity index (χ2n) is 5.45. The molecule has 1 aromatic heterocycles. The van der Waals surface area contributed by atoms with Gasteiger partial charge in [-0.05, 0) is 32.0 Å². The largest absolute Gasteiger partial charge is 0.373 e. The van der Waals surface area contributed by atoms with Gasteiger partial charge in [-0.25, -0.2) is 0 Å². The first-order valence-corrected chi connectivity index (χ1v) is 7.23. The number of carbonyl (C=O) groups excluding carboxylic acids is 2. The molecule has 0 saturated carbocycles. The number of aromatic amines is 1. The van der Waals surface area contributed by atoms with Gasteiger partial charge in [-0.1, -0.05) is 18.2 Å². The number of hydrogen-bond donors (Lipinski definition) is 2. The number of H-pyrrole nitrogens is 1. The molecule has 2 N–H and O–H groups in total. The predicted octanol–water partition coefficient (Wildman–Crippen LogP) is 2.47. The smallest absolute Gasteiger partial charge is 0.267 e. The highest BCUT2D eigenvalue weighted by Gasteiger charge is 2.14. The van der Waals surface area contributed by atoms with Crippen molar-refractivity contribution in [2.75, 3.05) is 18.5 Å². The minimum absolute atomic E-state index is 0.0261. The predicted molar refractivity (Wildman–Crippen MR) is 87.4 cm³/mol. The maximum atomic E-state index is 12.1. The van der Waals surface area contributed by atoms with Crippen LogP contribution in [0.15, 0.2) is 42.6 Å². The monoisotopic (exact) mass is 299 g/mol. The highest BCUT2D eigenvalue weighted by molar-refractivity contribution is 5.99. The number of carbonyl (C=O) groups is 2. The molecule has 1 amide bonds. The SMILES string of the molecule is CC(=O)c1c[nH]c(C(=O)N[C@H](C)CN(C)c2ccccc2)c1. The first-order valence-electron chi connectivity index (χ1n) is 7.23. The molecule has 22 heavy (non-hydrogen) atoms. The molecule has 0 aliphatic rings. The summed E-state index contributed by atoms with van der Waals surface area (Å²) in [5.41, 5.74) is 2.01. The number of rotatable bonds is 6. The maximum absolute atomic E-state index is 12.1. The molecule has 1 atom stereocenters. The molecule has 0 aliphatic carbocycles. The van der Waals surface area contributed by atoms with Gasteiger partial charge in [0.1, 0.15) is 5.69 Å². The summed E-state index contributed by atoms with van der Waals surface area (Å²) in [6.07, 6.45) is 1.55. The quantitative estimate of drug-likeness (QED) is 0.805. The van der Waals surface area contributed by atoms with E-state index in [1.807, 2.05) is 44.3 Å². The third-order valence-electron chi connectivity index (χ3n) is 3.46. The van der Waals surface area contributed by atoms with Crippen molar-refractivity contribution in [3.05, 3.63) is 53.9 Å². The number of nitrogens with zero attached hydrogens (tertiary/aromatic N) is 1. The van der Waals surface area contributed by atoms with Crippen LogP contribution >= 0.6 is 0 Å². The van der Waals surface area contributed by atoms with Crippen LogP contribution in [0.2, 0.25) is 0 Å². The number of para-hydroxylation sites is 1. The summed E-state index contributed by atoms with van der Waals surface area (Å²) in [6.45, 7) is 4.12. The van der Waals surface area contributed by atoms with Crippen molar-refractivity contribution in [3.8, 4) is 0 Å². The molecule has 0 fully saturated rings. The van der Waals surface area contributed by atoms with Gasteiger partial charge in [0.05, 0.1) is 0 Å². The van der Waals surface area contributed by atoms with E-state index >= 15 is 0 Å². The first-order chi connectivity index (χ1) is 10.5. The zero-order valence-electron chi connectivity index (χ0n) is 13.1. The molecular formula is C17H21N3O2. The van der Waals surface area contributed by atoms with E-state index in [0.29, 0.717) is 17.8 Å². The van der Waals surface area contributed by atoms with Crippen LogP contribution in [0.25, 0.3) is 0 Å². The van der Waals surface area contributed by atoms with Gasteiger partial charge in [-0.2, -0.15) is 0 Å². The standard InChI is InChI=1S/C17H21N3O2/c1-12(11-20(3)15-7-5-4-6-8-15)19-17(22)16-9-14(10-18-16)13(2)21/h4-10,12,18H,11H2,1-3H3,(H,19,22)/t12-/m1/s1. The normalized spacial score (nSPS) is 11.8. The summed E-state index contributed by atoms with van der Waals surface area (Å²) in [4.78, 5) is 28.3. The van der Waals surface area contributed by atoms with Crippen molar-refractivity contribution in [2.24, 2.45) is 0 Å². The molecule has 0 spiro atoms. The number of benzene rings is 1. The molecule has 1 heterocycles. The number of likely N-dealkylation sites (N-methyl/N-ethyl adjacent to an activating group) is 1. The summed E-state index contributed by atoms with van der Waals surface area (Å²) >= 11 is 0. The molecule has 116 valence electrons. The Morgan fingerprint density at radius 3 is 2.55 bits per heavy atom. The molecular weight excluding hydrogens is 278 g/mol. The molecule has 0 aliphatic heterocycles.